The van der Waals surface area contributed by atoms with Crippen molar-refractivity contribution in [2.24, 2.45) is 0 Å². The SMILES string of the molecule is N#CC(C#N)=Cc1cccc(OC(=O)c2cc(Cl)c(Cl)cc2Cl)c1. The zero-order chi connectivity index (χ0) is 17.7. The van der Waals surface area contributed by atoms with E-state index in [0.717, 1.165) is 0 Å². The van der Waals surface area contributed by atoms with Crippen LogP contribution in [0.25, 0.3) is 6.08 Å². The molecule has 0 aromatic heterocycles. The van der Waals surface area contributed by atoms with Crippen LogP contribution in [0.2, 0.25) is 15.1 Å². The molecule has 2 aromatic carbocycles. The van der Waals surface area contributed by atoms with Crippen LogP contribution in [0.4, 0.5) is 0 Å². The predicted octanol–water partition coefficient (Wildman–Crippen LogP) is 5.30. The van der Waals surface area contributed by atoms with Crippen LogP contribution in [0.5, 0.6) is 5.75 Å². The third kappa shape index (κ3) is 4.28. The van der Waals surface area contributed by atoms with Crippen LogP contribution in [0, 0.1) is 22.7 Å². The molecule has 7 heteroatoms. The summed E-state index contributed by atoms with van der Waals surface area (Å²) >= 11 is 17.7. The van der Waals surface area contributed by atoms with Gasteiger partial charge in [0.1, 0.15) is 23.5 Å². The topological polar surface area (TPSA) is 73.9 Å². The van der Waals surface area contributed by atoms with E-state index in [1.807, 2.05) is 0 Å². The van der Waals surface area contributed by atoms with Crippen LogP contribution in [-0.2, 0) is 0 Å². The lowest BCUT2D eigenvalue weighted by atomic mass is 10.1. The highest BCUT2D eigenvalue weighted by molar-refractivity contribution is 6.44. The summed E-state index contributed by atoms with van der Waals surface area (Å²) < 4.78 is 5.25. The summed E-state index contributed by atoms with van der Waals surface area (Å²) in [6.07, 6.45) is 1.38. The van der Waals surface area contributed by atoms with Gasteiger partial charge in [0.05, 0.1) is 20.6 Å². The second-order valence-electron chi connectivity index (χ2n) is 4.49. The number of carbonyl (C=O) groups is 1. The molecule has 0 aliphatic heterocycles. The van der Waals surface area contributed by atoms with Crippen LogP contribution < -0.4 is 4.74 Å². The molecular formula is C17H7Cl3N2O2. The summed E-state index contributed by atoms with van der Waals surface area (Å²) in [5.74, 6) is -0.480. The first-order chi connectivity index (χ1) is 11.4. The summed E-state index contributed by atoms with van der Waals surface area (Å²) in [6.45, 7) is 0. The van der Waals surface area contributed by atoms with Crippen molar-refractivity contribution >= 4 is 46.8 Å². The van der Waals surface area contributed by atoms with Gasteiger partial charge in [0.2, 0.25) is 0 Å². The monoisotopic (exact) mass is 376 g/mol. The van der Waals surface area contributed by atoms with Gasteiger partial charge in [0.25, 0.3) is 0 Å². The van der Waals surface area contributed by atoms with E-state index < -0.39 is 5.97 Å². The molecule has 0 saturated heterocycles. The fourth-order valence-electron chi connectivity index (χ4n) is 1.77. The summed E-state index contributed by atoms with van der Waals surface area (Å²) in [4.78, 5) is 12.2. The maximum Gasteiger partial charge on any atom is 0.345 e. The van der Waals surface area contributed by atoms with Crippen molar-refractivity contribution in [2.75, 3.05) is 0 Å². The summed E-state index contributed by atoms with van der Waals surface area (Å²) in [7, 11) is 0. The lowest BCUT2D eigenvalue weighted by Gasteiger charge is -2.08. The van der Waals surface area contributed by atoms with Crippen molar-refractivity contribution in [2.45, 2.75) is 0 Å². The molecule has 0 unspecified atom stereocenters. The van der Waals surface area contributed by atoms with E-state index >= 15 is 0 Å². The Labute approximate surface area is 153 Å². The standard InChI is InChI=1S/C17H7Cl3N2O2/c18-14-7-16(20)15(19)6-13(14)17(23)24-12-3-1-2-10(5-12)4-11(8-21)9-22/h1-7H. The molecule has 0 radical (unpaired) electrons. The highest BCUT2D eigenvalue weighted by atomic mass is 35.5. The molecule has 118 valence electrons. The molecule has 4 nitrogen and oxygen atoms in total. The highest BCUT2D eigenvalue weighted by Gasteiger charge is 2.15. The summed E-state index contributed by atoms with van der Waals surface area (Å²) in [5, 5.41) is 18.0. The van der Waals surface area contributed by atoms with Crippen LogP contribution in [0.1, 0.15) is 15.9 Å². The Kier molecular flexibility index (Phi) is 5.84. The normalized spacial score (nSPS) is 9.54. The average molecular weight is 378 g/mol. The minimum atomic E-state index is -0.708. The third-order valence-electron chi connectivity index (χ3n) is 2.85. The number of halogens is 3. The van der Waals surface area contributed by atoms with Crippen molar-refractivity contribution in [1.29, 1.82) is 10.5 Å². The van der Waals surface area contributed by atoms with Gasteiger partial charge in [-0.15, -0.1) is 0 Å². The first kappa shape index (κ1) is 17.8. The van der Waals surface area contributed by atoms with Gasteiger partial charge in [-0.3, -0.25) is 0 Å². The number of hydrogen-bond donors (Lipinski definition) is 0. The van der Waals surface area contributed by atoms with E-state index in [1.54, 1.807) is 30.3 Å². The van der Waals surface area contributed by atoms with Gasteiger partial charge in [-0.1, -0.05) is 46.9 Å². The van der Waals surface area contributed by atoms with Crippen molar-refractivity contribution in [1.82, 2.24) is 0 Å². The number of esters is 1. The predicted molar refractivity (Wildman–Crippen MR) is 92.1 cm³/mol. The van der Waals surface area contributed by atoms with Gasteiger partial charge in [0, 0.05) is 0 Å². The van der Waals surface area contributed by atoms with Crippen molar-refractivity contribution in [3.63, 3.8) is 0 Å². The first-order valence-electron chi connectivity index (χ1n) is 6.43. The second-order valence-corrected chi connectivity index (χ2v) is 5.71. The van der Waals surface area contributed by atoms with E-state index in [-0.39, 0.29) is 32.0 Å². The van der Waals surface area contributed by atoms with E-state index in [9.17, 15) is 4.79 Å². The number of ether oxygens (including phenoxy) is 1. The fraction of sp³-hybridized carbons (Fsp3) is 0. The van der Waals surface area contributed by atoms with Gasteiger partial charge in [-0.05, 0) is 35.9 Å². The maximum atomic E-state index is 12.2. The van der Waals surface area contributed by atoms with E-state index in [0.29, 0.717) is 5.56 Å². The Hall–Kier alpha value is -2.50. The number of carbonyl (C=O) groups excluding carboxylic acids is 1. The van der Waals surface area contributed by atoms with E-state index in [2.05, 4.69) is 0 Å². The Balaban J connectivity index is 2.28. The minimum absolute atomic E-state index is 0.0639. The molecule has 0 aliphatic rings. The molecule has 0 N–H and O–H groups in total. The summed E-state index contributed by atoms with van der Waals surface area (Å²) in [5.41, 5.74) is 0.548. The van der Waals surface area contributed by atoms with Gasteiger partial charge in [-0.25, -0.2) is 4.79 Å². The van der Waals surface area contributed by atoms with Crippen LogP contribution in [0.3, 0.4) is 0 Å². The average Bonchev–Trinajstić information content (AvgIpc) is 2.56. The molecule has 0 fully saturated rings. The highest BCUT2D eigenvalue weighted by Crippen LogP contribution is 2.29. The summed E-state index contributed by atoms with van der Waals surface area (Å²) in [6, 6.07) is 12.5. The molecule has 0 spiro atoms. The number of benzene rings is 2. The number of allylic oxidation sites excluding steroid dienone is 1. The fourth-order valence-corrected chi connectivity index (χ4v) is 2.39. The quantitative estimate of drug-likeness (QED) is 0.315. The maximum absolute atomic E-state index is 12.2. The minimum Gasteiger partial charge on any atom is -0.423 e. The molecular weight excluding hydrogens is 371 g/mol. The molecule has 0 amide bonds. The van der Waals surface area contributed by atoms with Gasteiger partial charge < -0.3 is 4.74 Å². The smallest absolute Gasteiger partial charge is 0.345 e. The van der Waals surface area contributed by atoms with Crippen LogP contribution in [0.15, 0.2) is 42.0 Å². The zero-order valence-electron chi connectivity index (χ0n) is 11.9. The van der Waals surface area contributed by atoms with E-state index in [4.69, 9.17) is 50.1 Å². The number of nitrogens with zero attached hydrogens (tertiary/aromatic N) is 2. The van der Waals surface area contributed by atoms with E-state index in [1.165, 1.54) is 24.3 Å². The van der Waals surface area contributed by atoms with Gasteiger partial charge in [0.15, 0.2) is 0 Å². The van der Waals surface area contributed by atoms with Crippen molar-refractivity contribution < 1.29 is 9.53 Å². The largest absolute Gasteiger partial charge is 0.423 e. The Bertz CT molecular complexity index is 908. The molecule has 0 saturated carbocycles. The lowest BCUT2D eigenvalue weighted by molar-refractivity contribution is 0.0735. The Morgan fingerprint density at radius 3 is 2.33 bits per heavy atom. The Morgan fingerprint density at radius 2 is 1.67 bits per heavy atom. The zero-order valence-corrected chi connectivity index (χ0v) is 14.2. The second kappa shape index (κ2) is 7.86. The van der Waals surface area contributed by atoms with Crippen LogP contribution >= 0.6 is 34.8 Å². The van der Waals surface area contributed by atoms with Crippen molar-refractivity contribution in [3.8, 4) is 17.9 Å². The Morgan fingerprint density at radius 1 is 1.00 bits per heavy atom. The molecule has 0 atom stereocenters. The lowest BCUT2D eigenvalue weighted by Crippen LogP contribution is -2.09. The third-order valence-corrected chi connectivity index (χ3v) is 3.89. The van der Waals surface area contributed by atoms with Gasteiger partial charge >= 0.3 is 5.97 Å². The first-order valence-corrected chi connectivity index (χ1v) is 7.56. The molecule has 0 heterocycles. The molecule has 2 rings (SSSR count). The molecule has 0 aliphatic carbocycles. The van der Waals surface area contributed by atoms with Gasteiger partial charge in [-0.2, -0.15) is 10.5 Å². The molecule has 24 heavy (non-hydrogen) atoms. The number of rotatable bonds is 3. The van der Waals surface area contributed by atoms with Crippen molar-refractivity contribution in [3.05, 3.63) is 68.2 Å². The molecule has 0 bridgehead atoms. The number of hydrogen-bond acceptors (Lipinski definition) is 4. The van der Waals surface area contributed by atoms with Crippen LogP contribution in [-0.4, -0.2) is 5.97 Å². The number of nitriles is 2. The molecule has 2 aromatic rings.